The monoisotopic (exact) mass is 318 g/mol. The quantitative estimate of drug-likeness (QED) is 0.931. The molecular weight excluding hydrogens is 299 g/mol. The van der Waals surface area contributed by atoms with Crippen LogP contribution in [0.1, 0.15) is 18.7 Å². The Morgan fingerprint density at radius 1 is 1.43 bits per heavy atom. The van der Waals surface area contributed by atoms with E-state index in [4.69, 9.17) is 4.52 Å². The maximum absolute atomic E-state index is 12.9. The van der Waals surface area contributed by atoms with Crippen LogP contribution in [0.15, 0.2) is 28.8 Å². The van der Waals surface area contributed by atoms with E-state index in [-0.39, 0.29) is 17.6 Å². The summed E-state index contributed by atoms with van der Waals surface area (Å²) in [7, 11) is 1.66. The first-order valence-corrected chi connectivity index (χ1v) is 7.68. The van der Waals surface area contributed by atoms with Crippen molar-refractivity contribution in [3.8, 4) is 11.4 Å². The topological polar surface area (TPSA) is 71.3 Å². The van der Waals surface area contributed by atoms with Gasteiger partial charge in [-0.15, -0.1) is 0 Å². The third-order valence-corrected chi connectivity index (χ3v) is 4.05. The van der Waals surface area contributed by atoms with Gasteiger partial charge in [0.1, 0.15) is 5.82 Å². The van der Waals surface area contributed by atoms with Gasteiger partial charge >= 0.3 is 0 Å². The van der Waals surface area contributed by atoms with Crippen LogP contribution in [0.3, 0.4) is 0 Å². The number of nitrogens with zero attached hydrogens (tertiary/aromatic N) is 3. The maximum Gasteiger partial charge on any atom is 0.241 e. The smallest absolute Gasteiger partial charge is 0.241 e. The van der Waals surface area contributed by atoms with Crippen molar-refractivity contribution in [1.82, 2.24) is 20.4 Å². The maximum atomic E-state index is 12.9. The normalized spacial score (nSPS) is 18.8. The number of benzene rings is 1. The van der Waals surface area contributed by atoms with E-state index >= 15 is 0 Å². The van der Waals surface area contributed by atoms with Gasteiger partial charge in [-0.2, -0.15) is 4.98 Å². The molecule has 2 heterocycles. The lowest BCUT2D eigenvalue weighted by atomic mass is 9.97. The molecule has 1 atom stereocenters. The molecule has 2 aromatic rings. The van der Waals surface area contributed by atoms with E-state index < -0.39 is 0 Å². The molecule has 1 saturated heterocycles. The zero-order chi connectivity index (χ0) is 16.2. The fourth-order valence-electron chi connectivity index (χ4n) is 2.84. The molecule has 1 aromatic carbocycles. The SMILES string of the molecule is CNC(=O)C1CCCN(Cc2nc(-c3ccc(F)cc3)no2)C1. The van der Waals surface area contributed by atoms with E-state index in [1.54, 1.807) is 19.2 Å². The molecule has 0 bridgehead atoms. The van der Waals surface area contributed by atoms with Crippen molar-refractivity contribution in [3.63, 3.8) is 0 Å². The van der Waals surface area contributed by atoms with Crippen molar-refractivity contribution < 1.29 is 13.7 Å². The van der Waals surface area contributed by atoms with Crippen LogP contribution in [0.4, 0.5) is 4.39 Å². The molecule has 1 amide bonds. The summed E-state index contributed by atoms with van der Waals surface area (Å²) in [6, 6.07) is 5.97. The van der Waals surface area contributed by atoms with Gasteiger partial charge in [-0.25, -0.2) is 4.39 Å². The van der Waals surface area contributed by atoms with Crippen molar-refractivity contribution in [2.24, 2.45) is 5.92 Å². The van der Waals surface area contributed by atoms with E-state index in [1.165, 1.54) is 12.1 Å². The van der Waals surface area contributed by atoms with Crippen molar-refractivity contribution in [3.05, 3.63) is 36.0 Å². The number of aromatic nitrogens is 2. The van der Waals surface area contributed by atoms with Gasteiger partial charge in [0, 0.05) is 19.2 Å². The summed E-state index contributed by atoms with van der Waals surface area (Å²) in [5.41, 5.74) is 0.711. The first kappa shape index (κ1) is 15.6. The Balaban J connectivity index is 1.64. The highest BCUT2D eigenvalue weighted by Gasteiger charge is 2.26. The lowest BCUT2D eigenvalue weighted by Crippen LogP contribution is -2.41. The van der Waals surface area contributed by atoms with Crippen LogP contribution in [0, 0.1) is 11.7 Å². The van der Waals surface area contributed by atoms with Gasteiger partial charge < -0.3 is 9.84 Å². The first-order chi connectivity index (χ1) is 11.2. The van der Waals surface area contributed by atoms with E-state index in [0.29, 0.717) is 30.4 Å². The molecule has 0 saturated carbocycles. The minimum absolute atomic E-state index is 0.00763. The van der Waals surface area contributed by atoms with Gasteiger partial charge in [-0.05, 0) is 43.7 Å². The molecule has 3 rings (SSSR count). The molecule has 1 aliphatic rings. The van der Waals surface area contributed by atoms with E-state index in [9.17, 15) is 9.18 Å². The number of rotatable bonds is 4. The van der Waals surface area contributed by atoms with Crippen LogP contribution in [-0.2, 0) is 11.3 Å². The van der Waals surface area contributed by atoms with Gasteiger partial charge in [0.05, 0.1) is 12.5 Å². The highest BCUT2D eigenvalue weighted by molar-refractivity contribution is 5.78. The lowest BCUT2D eigenvalue weighted by Gasteiger charge is -2.30. The molecule has 1 N–H and O–H groups in total. The van der Waals surface area contributed by atoms with Gasteiger partial charge in [0.25, 0.3) is 0 Å². The van der Waals surface area contributed by atoms with Crippen molar-refractivity contribution in [1.29, 1.82) is 0 Å². The number of halogens is 1. The van der Waals surface area contributed by atoms with Gasteiger partial charge in [0.15, 0.2) is 0 Å². The number of carbonyl (C=O) groups excluding carboxylic acids is 1. The second-order valence-electron chi connectivity index (χ2n) is 5.71. The largest absolute Gasteiger partial charge is 0.359 e. The molecule has 23 heavy (non-hydrogen) atoms. The molecule has 122 valence electrons. The average Bonchev–Trinajstić information content (AvgIpc) is 3.03. The summed E-state index contributed by atoms with van der Waals surface area (Å²) in [6.07, 6.45) is 1.87. The molecule has 0 radical (unpaired) electrons. The fourth-order valence-corrected chi connectivity index (χ4v) is 2.84. The van der Waals surface area contributed by atoms with Crippen molar-refractivity contribution in [2.45, 2.75) is 19.4 Å². The van der Waals surface area contributed by atoms with Crippen LogP contribution in [0.2, 0.25) is 0 Å². The van der Waals surface area contributed by atoms with Gasteiger partial charge in [-0.1, -0.05) is 5.16 Å². The summed E-state index contributed by atoms with van der Waals surface area (Å²) in [5, 5.41) is 6.64. The van der Waals surface area contributed by atoms with Crippen molar-refractivity contribution in [2.75, 3.05) is 20.1 Å². The number of amides is 1. The van der Waals surface area contributed by atoms with Crippen LogP contribution >= 0.6 is 0 Å². The Morgan fingerprint density at radius 2 is 2.22 bits per heavy atom. The molecule has 1 aliphatic heterocycles. The Bertz CT molecular complexity index is 671. The second kappa shape index (κ2) is 6.87. The first-order valence-electron chi connectivity index (χ1n) is 7.68. The predicted octanol–water partition coefficient (Wildman–Crippen LogP) is 1.83. The van der Waals surface area contributed by atoms with Gasteiger partial charge in [-0.3, -0.25) is 9.69 Å². The molecule has 1 aromatic heterocycles. The van der Waals surface area contributed by atoms with Crippen molar-refractivity contribution >= 4 is 5.91 Å². The van der Waals surface area contributed by atoms with E-state index in [1.807, 2.05) is 0 Å². The minimum Gasteiger partial charge on any atom is -0.359 e. The summed E-state index contributed by atoms with van der Waals surface area (Å²) in [6.45, 7) is 2.11. The third kappa shape index (κ3) is 3.73. The molecule has 1 unspecified atom stereocenters. The average molecular weight is 318 g/mol. The lowest BCUT2D eigenvalue weighted by molar-refractivity contribution is -0.126. The fraction of sp³-hybridized carbons (Fsp3) is 0.438. The third-order valence-electron chi connectivity index (χ3n) is 4.05. The number of nitrogens with one attached hydrogen (secondary N) is 1. The minimum atomic E-state index is -0.300. The molecule has 6 nitrogen and oxygen atoms in total. The summed E-state index contributed by atoms with van der Waals surface area (Å²) in [4.78, 5) is 18.3. The van der Waals surface area contributed by atoms with Gasteiger partial charge in [0.2, 0.25) is 17.6 Å². The van der Waals surface area contributed by atoms with Crippen LogP contribution in [-0.4, -0.2) is 41.1 Å². The molecule has 1 fully saturated rings. The molecule has 0 spiro atoms. The zero-order valence-electron chi connectivity index (χ0n) is 13.0. The number of hydrogen-bond acceptors (Lipinski definition) is 5. The summed E-state index contributed by atoms with van der Waals surface area (Å²) < 4.78 is 18.2. The second-order valence-corrected chi connectivity index (χ2v) is 5.71. The molecular formula is C16H19FN4O2. The van der Waals surface area contributed by atoms with Crippen LogP contribution in [0.25, 0.3) is 11.4 Å². The van der Waals surface area contributed by atoms with E-state index in [0.717, 1.165) is 19.4 Å². The highest BCUT2D eigenvalue weighted by Crippen LogP contribution is 2.20. The number of piperidine rings is 1. The summed E-state index contributed by atoms with van der Waals surface area (Å²) >= 11 is 0. The predicted molar refractivity (Wildman–Crippen MR) is 81.8 cm³/mol. The Labute approximate surface area is 133 Å². The zero-order valence-corrected chi connectivity index (χ0v) is 13.0. The highest BCUT2D eigenvalue weighted by atomic mass is 19.1. The Morgan fingerprint density at radius 3 is 2.96 bits per heavy atom. The number of hydrogen-bond donors (Lipinski definition) is 1. The molecule has 0 aliphatic carbocycles. The van der Waals surface area contributed by atoms with Crippen LogP contribution < -0.4 is 5.32 Å². The Hall–Kier alpha value is -2.28. The standard InChI is InChI=1S/C16H19FN4O2/c1-18-16(22)12-3-2-8-21(9-12)10-14-19-15(20-23-14)11-4-6-13(17)7-5-11/h4-7,12H,2-3,8-10H2,1H3,(H,18,22). The molecule has 7 heteroatoms. The number of carbonyl (C=O) groups is 1. The Kier molecular flexibility index (Phi) is 4.66. The summed E-state index contributed by atoms with van der Waals surface area (Å²) in [5.74, 6) is 0.730. The van der Waals surface area contributed by atoms with E-state index in [2.05, 4.69) is 20.4 Å². The van der Waals surface area contributed by atoms with Crippen LogP contribution in [0.5, 0.6) is 0 Å². The number of likely N-dealkylation sites (tertiary alicyclic amines) is 1.